The average Bonchev–Trinajstić information content (AvgIpc) is 3.14. The number of carbonyl (C=O) groups excluding carboxylic acids is 1. The zero-order valence-corrected chi connectivity index (χ0v) is 23.3. The van der Waals surface area contributed by atoms with E-state index < -0.39 is 0 Å². The van der Waals surface area contributed by atoms with E-state index in [1.807, 2.05) is 26.8 Å². The number of allylic oxidation sites excluding steroid dienone is 2. The van der Waals surface area contributed by atoms with Crippen LogP contribution in [0.4, 0.5) is 0 Å². The Balaban J connectivity index is 1.64. The van der Waals surface area contributed by atoms with Crippen molar-refractivity contribution in [1.82, 2.24) is 19.5 Å². The standard InChI is InChI=1S/C28H41N5O2S/c1-7-10-20(6)33-26(19(4)5)28(34)29-27(30-33)24-17-23(13-14-25(24)35-9-3)36-31-16-15-21-11-12-22(18-31)32(21)8-2/h13-14,17,21-22H,6-12,15-16,18H2,1-5H3,(H,29,30,34). The summed E-state index contributed by atoms with van der Waals surface area (Å²) in [4.78, 5) is 17.0. The molecule has 36 heavy (non-hydrogen) atoms. The molecule has 2 saturated heterocycles. The first-order valence-electron chi connectivity index (χ1n) is 13.4. The lowest BCUT2D eigenvalue weighted by Gasteiger charge is -2.30. The van der Waals surface area contributed by atoms with E-state index in [-0.39, 0.29) is 5.91 Å². The number of nitrogens with zero attached hydrogens (tertiary/aromatic N) is 4. The topological polar surface area (TPSA) is 60.4 Å². The number of benzene rings is 1. The van der Waals surface area contributed by atoms with Crippen LogP contribution in [0.15, 0.2) is 51.7 Å². The molecule has 0 saturated carbocycles. The molecule has 7 nitrogen and oxygen atoms in total. The van der Waals surface area contributed by atoms with Gasteiger partial charge in [0.15, 0.2) is 5.84 Å². The Morgan fingerprint density at radius 3 is 2.67 bits per heavy atom. The maximum atomic E-state index is 13.2. The van der Waals surface area contributed by atoms with Crippen LogP contribution in [-0.4, -0.2) is 64.3 Å². The molecule has 196 valence electrons. The Morgan fingerprint density at radius 2 is 1.97 bits per heavy atom. The molecule has 1 N–H and O–H groups in total. The summed E-state index contributed by atoms with van der Waals surface area (Å²) in [7, 11) is 0. The maximum absolute atomic E-state index is 13.2. The number of hydrazone groups is 1. The van der Waals surface area contributed by atoms with Crippen LogP contribution >= 0.6 is 11.9 Å². The predicted octanol–water partition coefficient (Wildman–Crippen LogP) is 5.35. The highest BCUT2D eigenvalue weighted by atomic mass is 32.2. The number of rotatable bonds is 9. The Kier molecular flexibility index (Phi) is 8.80. The third-order valence-corrected chi connectivity index (χ3v) is 8.23. The van der Waals surface area contributed by atoms with Crippen LogP contribution in [0.3, 0.4) is 0 Å². The van der Waals surface area contributed by atoms with E-state index in [1.165, 1.54) is 19.3 Å². The van der Waals surface area contributed by atoms with Crippen molar-refractivity contribution in [2.75, 3.05) is 26.2 Å². The van der Waals surface area contributed by atoms with Crippen molar-refractivity contribution in [1.29, 1.82) is 0 Å². The van der Waals surface area contributed by atoms with Crippen LogP contribution in [0.1, 0.15) is 72.3 Å². The minimum absolute atomic E-state index is 0.166. The molecule has 3 heterocycles. The molecule has 1 aromatic carbocycles. The van der Waals surface area contributed by atoms with E-state index in [4.69, 9.17) is 9.84 Å². The van der Waals surface area contributed by atoms with E-state index >= 15 is 0 Å². The number of hydrogen-bond acceptors (Lipinski definition) is 7. The summed E-state index contributed by atoms with van der Waals surface area (Å²) >= 11 is 1.80. The van der Waals surface area contributed by atoms with E-state index in [2.05, 4.69) is 47.1 Å². The SMILES string of the molecule is C=C(CCC)N1N=C(c2cc(SN3CCC4CCC(C3)N4CC)ccc2OCC)NC(=O)C1=C(C)C. The lowest BCUT2D eigenvalue weighted by atomic mass is 10.1. The van der Waals surface area contributed by atoms with Crippen molar-refractivity contribution in [3.05, 3.63) is 47.3 Å². The highest BCUT2D eigenvalue weighted by molar-refractivity contribution is 7.97. The van der Waals surface area contributed by atoms with Gasteiger partial charge in [-0.15, -0.1) is 5.10 Å². The third kappa shape index (κ3) is 5.66. The first kappa shape index (κ1) is 26.8. The molecular formula is C28H41N5O2S. The van der Waals surface area contributed by atoms with Crippen molar-refractivity contribution in [3.63, 3.8) is 0 Å². The third-order valence-electron chi connectivity index (χ3n) is 7.17. The molecule has 2 bridgehead atoms. The summed E-state index contributed by atoms with van der Waals surface area (Å²) in [6.07, 6.45) is 5.53. The minimum Gasteiger partial charge on any atom is -0.493 e. The lowest BCUT2D eigenvalue weighted by Crippen LogP contribution is -2.43. The van der Waals surface area contributed by atoms with Gasteiger partial charge in [0, 0.05) is 35.8 Å². The van der Waals surface area contributed by atoms with Crippen molar-refractivity contribution in [3.8, 4) is 5.75 Å². The quantitative estimate of drug-likeness (QED) is 0.356. The van der Waals surface area contributed by atoms with Crippen LogP contribution in [0, 0.1) is 0 Å². The fraction of sp³-hybridized carbons (Fsp3) is 0.571. The fourth-order valence-corrected chi connectivity index (χ4v) is 6.58. The molecule has 2 fully saturated rings. The Morgan fingerprint density at radius 1 is 1.19 bits per heavy atom. The number of amidine groups is 1. The summed E-state index contributed by atoms with van der Waals surface area (Å²) in [5, 5.41) is 9.62. The molecule has 0 spiro atoms. The minimum atomic E-state index is -0.166. The van der Waals surface area contributed by atoms with Gasteiger partial charge in [0.2, 0.25) is 0 Å². The molecule has 0 radical (unpaired) electrons. The van der Waals surface area contributed by atoms with Gasteiger partial charge in [0.05, 0.1) is 12.2 Å². The number of ether oxygens (including phenoxy) is 1. The first-order valence-corrected chi connectivity index (χ1v) is 14.1. The van der Waals surface area contributed by atoms with Gasteiger partial charge in [-0.1, -0.05) is 26.8 Å². The second kappa shape index (κ2) is 11.8. The maximum Gasteiger partial charge on any atom is 0.275 e. The van der Waals surface area contributed by atoms with Crippen molar-refractivity contribution in [2.24, 2.45) is 5.10 Å². The monoisotopic (exact) mass is 511 g/mol. The van der Waals surface area contributed by atoms with Crippen molar-refractivity contribution < 1.29 is 9.53 Å². The normalized spacial score (nSPS) is 22.8. The van der Waals surface area contributed by atoms with Gasteiger partial charge in [-0.25, -0.2) is 9.31 Å². The van der Waals surface area contributed by atoms with Gasteiger partial charge in [-0.2, -0.15) is 0 Å². The Bertz CT molecular complexity index is 1050. The lowest BCUT2D eigenvalue weighted by molar-refractivity contribution is -0.118. The predicted molar refractivity (Wildman–Crippen MR) is 148 cm³/mol. The summed E-state index contributed by atoms with van der Waals surface area (Å²) in [6.45, 7) is 18.2. The van der Waals surface area contributed by atoms with Crippen molar-refractivity contribution in [2.45, 2.75) is 83.7 Å². The van der Waals surface area contributed by atoms with Gasteiger partial charge < -0.3 is 10.1 Å². The highest BCUT2D eigenvalue weighted by Gasteiger charge is 2.36. The zero-order chi connectivity index (χ0) is 25.8. The summed E-state index contributed by atoms with van der Waals surface area (Å²) in [5.74, 6) is 1.05. The first-order chi connectivity index (χ1) is 17.4. The van der Waals surface area contributed by atoms with E-state index in [0.717, 1.165) is 66.0 Å². The molecular weight excluding hydrogens is 470 g/mol. The number of carbonyl (C=O) groups is 1. The molecule has 1 amide bonds. The summed E-state index contributed by atoms with van der Waals surface area (Å²) < 4.78 is 8.47. The molecule has 1 aromatic rings. The molecule has 3 aliphatic heterocycles. The highest BCUT2D eigenvalue weighted by Crippen LogP contribution is 2.36. The van der Waals surface area contributed by atoms with Gasteiger partial charge in [-0.3, -0.25) is 9.69 Å². The molecule has 4 rings (SSSR count). The van der Waals surface area contributed by atoms with Gasteiger partial charge in [-0.05, 0) is 88.7 Å². The average molecular weight is 512 g/mol. The summed E-state index contributed by atoms with van der Waals surface area (Å²) in [5.41, 5.74) is 3.05. The number of hydrogen-bond donors (Lipinski definition) is 1. The van der Waals surface area contributed by atoms with Crippen LogP contribution < -0.4 is 10.1 Å². The number of fused-ring (bicyclic) bond motifs is 2. The van der Waals surface area contributed by atoms with Crippen LogP contribution in [0.25, 0.3) is 0 Å². The van der Waals surface area contributed by atoms with Gasteiger partial charge in [0.1, 0.15) is 11.4 Å². The van der Waals surface area contributed by atoms with E-state index in [0.29, 0.717) is 24.2 Å². The zero-order valence-electron chi connectivity index (χ0n) is 22.5. The second-order valence-corrected chi connectivity index (χ2v) is 11.1. The number of amides is 1. The largest absolute Gasteiger partial charge is 0.493 e. The Labute approximate surface area is 220 Å². The molecule has 2 unspecified atom stereocenters. The van der Waals surface area contributed by atoms with Crippen LogP contribution in [-0.2, 0) is 4.79 Å². The van der Waals surface area contributed by atoms with Gasteiger partial charge in [0.25, 0.3) is 5.91 Å². The number of likely N-dealkylation sites (N-methyl/N-ethyl adjacent to an activating group) is 1. The molecule has 3 aliphatic rings. The van der Waals surface area contributed by atoms with Crippen LogP contribution in [0.2, 0.25) is 0 Å². The van der Waals surface area contributed by atoms with E-state index in [1.54, 1.807) is 17.0 Å². The fourth-order valence-electron chi connectivity index (χ4n) is 5.54. The van der Waals surface area contributed by atoms with Crippen molar-refractivity contribution >= 4 is 23.7 Å². The Hall–Kier alpha value is -2.29. The smallest absolute Gasteiger partial charge is 0.275 e. The molecule has 0 aliphatic carbocycles. The van der Waals surface area contributed by atoms with Crippen LogP contribution in [0.5, 0.6) is 5.75 Å². The molecule has 8 heteroatoms. The second-order valence-electron chi connectivity index (χ2n) is 9.95. The molecule has 2 atom stereocenters. The van der Waals surface area contributed by atoms with Gasteiger partial charge >= 0.3 is 0 Å². The number of nitrogens with one attached hydrogen (secondary N) is 1. The van der Waals surface area contributed by atoms with E-state index in [9.17, 15) is 4.79 Å². The summed E-state index contributed by atoms with van der Waals surface area (Å²) in [6, 6.07) is 7.57. The molecule has 0 aromatic heterocycles.